The van der Waals surface area contributed by atoms with E-state index in [2.05, 4.69) is 10.4 Å². The van der Waals surface area contributed by atoms with Crippen LogP contribution >= 0.6 is 0 Å². The second-order valence-electron chi connectivity index (χ2n) is 6.46. The predicted octanol–water partition coefficient (Wildman–Crippen LogP) is 2.85. The van der Waals surface area contributed by atoms with Crippen LogP contribution in [0.1, 0.15) is 13.0 Å². The Hall–Kier alpha value is -3.81. The molecule has 1 N–H and O–H groups in total. The Balaban J connectivity index is 1.56. The van der Waals surface area contributed by atoms with Gasteiger partial charge in [0.15, 0.2) is 11.5 Å². The molecule has 29 heavy (non-hydrogen) atoms. The van der Waals surface area contributed by atoms with E-state index in [1.54, 1.807) is 38.3 Å². The quantitative estimate of drug-likeness (QED) is 0.717. The number of carbonyl (C=O) groups is 1. The van der Waals surface area contributed by atoms with Gasteiger partial charge in [0.2, 0.25) is 12.7 Å². The fourth-order valence-corrected chi connectivity index (χ4v) is 2.95. The minimum Gasteiger partial charge on any atom is -0.497 e. The van der Waals surface area contributed by atoms with Crippen LogP contribution in [-0.2, 0) is 4.79 Å². The van der Waals surface area contributed by atoms with Gasteiger partial charge in [-0.05, 0) is 49.4 Å². The van der Waals surface area contributed by atoms with Crippen LogP contribution in [0.4, 0.5) is 5.69 Å². The molecule has 0 bridgehead atoms. The molecule has 8 heteroatoms. The lowest BCUT2D eigenvalue weighted by atomic mass is 10.1. The highest BCUT2D eigenvalue weighted by molar-refractivity contribution is 5.93. The molecular formula is C21H19N3O5. The van der Waals surface area contributed by atoms with Crippen molar-refractivity contribution >= 4 is 11.6 Å². The molecule has 0 saturated heterocycles. The minimum atomic E-state index is -0.814. The normalized spacial score (nSPS) is 13.0. The van der Waals surface area contributed by atoms with E-state index < -0.39 is 6.04 Å². The number of fused-ring (bicyclic) bond motifs is 1. The van der Waals surface area contributed by atoms with Crippen molar-refractivity contribution in [2.24, 2.45) is 0 Å². The highest BCUT2D eigenvalue weighted by Crippen LogP contribution is 2.34. The highest BCUT2D eigenvalue weighted by Gasteiger charge is 2.20. The van der Waals surface area contributed by atoms with Crippen molar-refractivity contribution in [1.82, 2.24) is 9.78 Å². The molecule has 1 unspecified atom stereocenters. The van der Waals surface area contributed by atoms with Crippen LogP contribution in [0.2, 0.25) is 0 Å². The van der Waals surface area contributed by atoms with E-state index in [1.165, 1.54) is 10.7 Å². The number of methoxy groups -OCH3 is 1. The molecule has 4 rings (SSSR count). The largest absolute Gasteiger partial charge is 0.497 e. The number of amides is 1. The Morgan fingerprint density at radius 3 is 2.62 bits per heavy atom. The molecule has 3 aromatic rings. The molecule has 0 radical (unpaired) electrons. The third-order valence-electron chi connectivity index (χ3n) is 4.60. The summed E-state index contributed by atoms with van der Waals surface area (Å²) in [6.07, 6.45) is 0. The molecule has 1 amide bonds. The van der Waals surface area contributed by atoms with Crippen molar-refractivity contribution < 1.29 is 19.0 Å². The summed E-state index contributed by atoms with van der Waals surface area (Å²) in [7, 11) is 1.59. The zero-order valence-corrected chi connectivity index (χ0v) is 15.9. The molecular weight excluding hydrogens is 374 g/mol. The van der Waals surface area contributed by atoms with Crippen LogP contribution < -0.4 is 25.1 Å². The van der Waals surface area contributed by atoms with Crippen LogP contribution in [0.5, 0.6) is 17.2 Å². The molecule has 1 atom stereocenters. The Morgan fingerprint density at radius 1 is 1.10 bits per heavy atom. The molecule has 0 fully saturated rings. The van der Waals surface area contributed by atoms with E-state index in [4.69, 9.17) is 14.2 Å². The van der Waals surface area contributed by atoms with Crippen LogP contribution in [0.25, 0.3) is 11.3 Å². The lowest BCUT2D eigenvalue weighted by Crippen LogP contribution is -2.33. The van der Waals surface area contributed by atoms with Crippen molar-refractivity contribution in [3.8, 4) is 28.5 Å². The van der Waals surface area contributed by atoms with Gasteiger partial charge in [-0.2, -0.15) is 5.10 Å². The number of ether oxygens (including phenoxy) is 3. The van der Waals surface area contributed by atoms with E-state index in [0.29, 0.717) is 22.9 Å². The lowest BCUT2D eigenvalue weighted by molar-refractivity contribution is -0.119. The Morgan fingerprint density at radius 2 is 1.86 bits per heavy atom. The number of hydrogen-bond acceptors (Lipinski definition) is 6. The van der Waals surface area contributed by atoms with Crippen LogP contribution in [-0.4, -0.2) is 29.6 Å². The van der Waals surface area contributed by atoms with E-state index in [-0.39, 0.29) is 18.3 Å². The Labute approximate surface area is 166 Å². The number of carbonyl (C=O) groups excluding carboxylic acids is 1. The first-order chi connectivity index (χ1) is 14.0. The average Bonchev–Trinajstić information content (AvgIpc) is 3.21. The SMILES string of the molecule is COc1ccc(-c2ccc(=O)n(C(C)C(=O)Nc3ccc4c(c3)OCO4)n2)cc1. The summed E-state index contributed by atoms with van der Waals surface area (Å²) < 4.78 is 16.9. The molecule has 1 aliphatic rings. The molecule has 148 valence electrons. The van der Waals surface area contributed by atoms with Gasteiger partial charge >= 0.3 is 0 Å². The average molecular weight is 393 g/mol. The molecule has 0 saturated carbocycles. The molecule has 0 aliphatic carbocycles. The molecule has 1 aromatic heterocycles. The summed E-state index contributed by atoms with van der Waals surface area (Å²) in [6, 6.07) is 14.6. The molecule has 2 aromatic carbocycles. The zero-order valence-electron chi connectivity index (χ0n) is 15.9. The number of rotatable bonds is 5. The fraction of sp³-hybridized carbons (Fsp3) is 0.190. The van der Waals surface area contributed by atoms with E-state index in [0.717, 1.165) is 11.3 Å². The number of anilines is 1. The van der Waals surface area contributed by atoms with E-state index >= 15 is 0 Å². The van der Waals surface area contributed by atoms with E-state index in [9.17, 15) is 9.59 Å². The molecule has 1 aliphatic heterocycles. The standard InChI is InChI=1S/C21H19N3O5/c1-13(21(26)22-15-5-9-18-19(11-15)29-12-28-18)24-20(25)10-8-17(23-24)14-3-6-16(27-2)7-4-14/h3-11,13H,12H2,1-2H3,(H,22,26). The summed E-state index contributed by atoms with van der Waals surface area (Å²) in [5.41, 5.74) is 1.57. The van der Waals surface area contributed by atoms with Crippen molar-refractivity contribution in [1.29, 1.82) is 0 Å². The van der Waals surface area contributed by atoms with Crippen molar-refractivity contribution in [3.05, 3.63) is 65.0 Å². The number of nitrogens with zero attached hydrogens (tertiary/aromatic N) is 2. The van der Waals surface area contributed by atoms with Gasteiger partial charge in [0, 0.05) is 23.4 Å². The van der Waals surface area contributed by atoms with Gasteiger partial charge in [0.25, 0.3) is 5.56 Å². The zero-order chi connectivity index (χ0) is 20.4. The number of benzene rings is 2. The summed E-state index contributed by atoms with van der Waals surface area (Å²) >= 11 is 0. The maximum Gasteiger partial charge on any atom is 0.267 e. The first-order valence-corrected chi connectivity index (χ1v) is 9.00. The first-order valence-electron chi connectivity index (χ1n) is 9.00. The van der Waals surface area contributed by atoms with E-state index in [1.807, 2.05) is 24.3 Å². The summed E-state index contributed by atoms with van der Waals surface area (Å²) in [6.45, 7) is 1.77. The van der Waals surface area contributed by atoms with Crippen molar-refractivity contribution in [3.63, 3.8) is 0 Å². The fourth-order valence-electron chi connectivity index (χ4n) is 2.95. The topological polar surface area (TPSA) is 91.7 Å². The van der Waals surface area contributed by atoms with Gasteiger partial charge in [-0.1, -0.05) is 0 Å². The maximum atomic E-state index is 12.7. The minimum absolute atomic E-state index is 0.153. The number of hydrogen-bond donors (Lipinski definition) is 1. The van der Waals surface area contributed by atoms with Crippen LogP contribution in [0.3, 0.4) is 0 Å². The number of nitrogens with one attached hydrogen (secondary N) is 1. The Kier molecular flexibility index (Phi) is 4.90. The second kappa shape index (κ2) is 7.67. The van der Waals surface area contributed by atoms with Gasteiger partial charge in [-0.3, -0.25) is 9.59 Å². The van der Waals surface area contributed by atoms with Gasteiger partial charge in [-0.25, -0.2) is 4.68 Å². The van der Waals surface area contributed by atoms with Gasteiger partial charge in [0.05, 0.1) is 12.8 Å². The van der Waals surface area contributed by atoms with Gasteiger partial charge < -0.3 is 19.5 Å². The van der Waals surface area contributed by atoms with Crippen molar-refractivity contribution in [2.45, 2.75) is 13.0 Å². The first kappa shape index (κ1) is 18.5. The summed E-state index contributed by atoms with van der Waals surface area (Å²) in [5, 5.41) is 7.16. The third-order valence-corrected chi connectivity index (χ3v) is 4.60. The molecule has 8 nitrogen and oxygen atoms in total. The lowest BCUT2D eigenvalue weighted by Gasteiger charge is -2.15. The van der Waals surface area contributed by atoms with Crippen LogP contribution in [0.15, 0.2) is 59.4 Å². The number of aromatic nitrogens is 2. The Bertz CT molecular complexity index is 1110. The third kappa shape index (κ3) is 3.77. The van der Waals surface area contributed by atoms with Gasteiger partial charge in [-0.15, -0.1) is 0 Å². The second-order valence-corrected chi connectivity index (χ2v) is 6.46. The monoisotopic (exact) mass is 393 g/mol. The van der Waals surface area contributed by atoms with Crippen molar-refractivity contribution in [2.75, 3.05) is 19.2 Å². The maximum absolute atomic E-state index is 12.7. The molecule has 2 heterocycles. The summed E-state index contributed by atoms with van der Waals surface area (Å²) in [4.78, 5) is 25.0. The van der Waals surface area contributed by atoms with Crippen LogP contribution in [0, 0.1) is 0 Å². The predicted molar refractivity (Wildman–Crippen MR) is 106 cm³/mol. The summed E-state index contributed by atoms with van der Waals surface area (Å²) in [5.74, 6) is 1.54. The smallest absolute Gasteiger partial charge is 0.267 e. The van der Waals surface area contributed by atoms with Gasteiger partial charge in [0.1, 0.15) is 11.8 Å². The highest BCUT2D eigenvalue weighted by atomic mass is 16.7. The molecule has 0 spiro atoms.